The fourth-order valence-electron chi connectivity index (χ4n) is 2.71. The van der Waals surface area contributed by atoms with E-state index in [9.17, 15) is 13.2 Å². The van der Waals surface area contributed by atoms with Crippen LogP contribution < -0.4 is 18.5 Å². The summed E-state index contributed by atoms with van der Waals surface area (Å²) in [4.78, 5) is 14.2. The molecule has 2 aromatic carbocycles. The number of anilines is 1. The SMILES string of the molecule is COc1ccc(CN(C)C(=O)CN(c2cc(OC)ccc2OC)S(C)(=O)=O)cc1. The molecule has 2 rings (SSSR count). The first-order chi connectivity index (χ1) is 13.7. The van der Waals surface area contributed by atoms with Crippen LogP contribution in [0.1, 0.15) is 5.56 Å². The van der Waals surface area contributed by atoms with E-state index in [4.69, 9.17) is 14.2 Å². The van der Waals surface area contributed by atoms with Crippen molar-refractivity contribution in [3.8, 4) is 17.2 Å². The summed E-state index contributed by atoms with van der Waals surface area (Å²) in [6.07, 6.45) is 1.04. The highest BCUT2D eigenvalue weighted by molar-refractivity contribution is 7.92. The van der Waals surface area contributed by atoms with Gasteiger partial charge in [0.05, 0.1) is 33.3 Å². The first-order valence-electron chi connectivity index (χ1n) is 8.76. The Morgan fingerprint density at radius 3 is 2.03 bits per heavy atom. The van der Waals surface area contributed by atoms with Gasteiger partial charge in [-0.25, -0.2) is 8.42 Å². The lowest BCUT2D eigenvalue weighted by Crippen LogP contribution is -2.41. The van der Waals surface area contributed by atoms with Gasteiger partial charge < -0.3 is 19.1 Å². The molecule has 0 aliphatic heterocycles. The van der Waals surface area contributed by atoms with Gasteiger partial charge in [0, 0.05) is 19.7 Å². The fraction of sp³-hybridized carbons (Fsp3) is 0.350. The quantitative estimate of drug-likeness (QED) is 0.616. The maximum Gasteiger partial charge on any atom is 0.243 e. The van der Waals surface area contributed by atoms with E-state index >= 15 is 0 Å². The lowest BCUT2D eigenvalue weighted by atomic mass is 10.2. The van der Waals surface area contributed by atoms with Gasteiger partial charge in [-0.2, -0.15) is 0 Å². The Morgan fingerprint density at radius 2 is 1.52 bits per heavy atom. The minimum atomic E-state index is -3.75. The van der Waals surface area contributed by atoms with Crippen molar-refractivity contribution in [3.63, 3.8) is 0 Å². The summed E-state index contributed by atoms with van der Waals surface area (Å²) in [5.41, 5.74) is 1.13. The minimum Gasteiger partial charge on any atom is -0.497 e. The minimum absolute atomic E-state index is 0.237. The molecule has 0 spiro atoms. The maximum atomic E-state index is 12.8. The number of carbonyl (C=O) groups is 1. The second kappa shape index (κ2) is 9.51. The van der Waals surface area contributed by atoms with Crippen molar-refractivity contribution in [2.45, 2.75) is 6.54 Å². The van der Waals surface area contributed by atoms with E-state index in [1.165, 1.54) is 25.2 Å². The summed E-state index contributed by atoms with van der Waals surface area (Å²) >= 11 is 0. The number of rotatable bonds is 9. The van der Waals surface area contributed by atoms with E-state index in [0.29, 0.717) is 18.0 Å². The molecule has 158 valence electrons. The molecular weight excluding hydrogens is 396 g/mol. The summed E-state index contributed by atoms with van der Waals surface area (Å²) in [5.74, 6) is 1.13. The topological polar surface area (TPSA) is 85.4 Å². The molecule has 0 unspecified atom stereocenters. The highest BCUT2D eigenvalue weighted by Gasteiger charge is 2.26. The highest BCUT2D eigenvalue weighted by Crippen LogP contribution is 2.33. The zero-order valence-corrected chi connectivity index (χ0v) is 18.0. The van der Waals surface area contributed by atoms with Crippen molar-refractivity contribution in [1.82, 2.24) is 4.90 Å². The second-order valence-electron chi connectivity index (χ2n) is 6.41. The van der Waals surface area contributed by atoms with Gasteiger partial charge in [-0.1, -0.05) is 12.1 Å². The van der Waals surface area contributed by atoms with Crippen molar-refractivity contribution in [2.24, 2.45) is 0 Å². The van der Waals surface area contributed by atoms with Crippen molar-refractivity contribution < 1.29 is 27.4 Å². The summed E-state index contributed by atoms with van der Waals surface area (Å²) in [6, 6.07) is 12.1. The first kappa shape index (κ1) is 22.4. The molecule has 0 N–H and O–H groups in total. The smallest absolute Gasteiger partial charge is 0.243 e. The normalized spacial score (nSPS) is 10.9. The average molecular weight is 423 g/mol. The summed E-state index contributed by atoms with van der Waals surface area (Å²) in [6.45, 7) is -0.0370. The number of methoxy groups -OCH3 is 3. The molecular formula is C20H26N2O6S. The van der Waals surface area contributed by atoms with Gasteiger partial charge in [0.15, 0.2) is 0 Å². The largest absolute Gasteiger partial charge is 0.497 e. The van der Waals surface area contributed by atoms with Gasteiger partial charge in [-0.15, -0.1) is 0 Å². The molecule has 8 nitrogen and oxygen atoms in total. The summed E-state index contributed by atoms with van der Waals surface area (Å²) in [7, 11) is 2.36. The summed E-state index contributed by atoms with van der Waals surface area (Å²) in [5, 5.41) is 0. The molecule has 2 aromatic rings. The molecule has 1 amide bonds. The third-order valence-corrected chi connectivity index (χ3v) is 5.46. The molecule has 29 heavy (non-hydrogen) atoms. The van der Waals surface area contributed by atoms with Crippen LogP contribution in [0.5, 0.6) is 17.2 Å². The Kier molecular flexibility index (Phi) is 7.33. The maximum absolute atomic E-state index is 12.8. The number of ether oxygens (including phenoxy) is 3. The lowest BCUT2D eigenvalue weighted by molar-refractivity contribution is -0.128. The molecule has 0 aliphatic rings. The van der Waals surface area contributed by atoms with Gasteiger partial charge in [-0.05, 0) is 29.8 Å². The molecule has 0 bridgehead atoms. The molecule has 0 atom stereocenters. The average Bonchev–Trinajstić information content (AvgIpc) is 2.70. The number of hydrogen-bond acceptors (Lipinski definition) is 6. The van der Waals surface area contributed by atoms with Crippen LogP contribution in [-0.4, -0.2) is 60.4 Å². The van der Waals surface area contributed by atoms with Crippen molar-refractivity contribution >= 4 is 21.6 Å². The van der Waals surface area contributed by atoms with Crippen LogP contribution in [0.25, 0.3) is 0 Å². The zero-order chi connectivity index (χ0) is 21.6. The van der Waals surface area contributed by atoms with Crippen molar-refractivity contribution in [3.05, 3.63) is 48.0 Å². The van der Waals surface area contributed by atoms with E-state index in [1.54, 1.807) is 38.4 Å². The third-order valence-electron chi connectivity index (χ3n) is 4.34. The van der Waals surface area contributed by atoms with E-state index in [-0.39, 0.29) is 18.1 Å². The van der Waals surface area contributed by atoms with Crippen LogP contribution >= 0.6 is 0 Å². The van der Waals surface area contributed by atoms with Crippen molar-refractivity contribution in [2.75, 3.05) is 45.5 Å². The van der Waals surface area contributed by atoms with Crippen LogP contribution in [-0.2, 0) is 21.4 Å². The van der Waals surface area contributed by atoms with Gasteiger partial charge in [0.2, 0.25) is 15.9 Å². The number of sulfonamides is 1. The number of hydrogen-bond donors (Lipinski definition) is 0. The molecule has 0 saturated carbocycles. The van der Waals surface area contributed by atoms with Crippen molar-refractivity contribution in [1.29, 1.82) is 0 Å². The molecule has 0 aromatic heterocycles. The van der Waals surface area contributed by atoms with Crippen LogP contribution in [0.15, 0.2) is 42.5 Å². The molecule has 0 heterocycles. The predicted octanol–water partition coefficient (Wildman–Crippen LogP) is 2.14. The number of carbonyl (C=O) groups excluding carboxylic acids is 1. The lowest BCUT2D eigenvalue weighted by Gasteiger charge is -2.26. The summed E-state index contributed by atoms with van der Waals surface area (Å²) < 4.78 is 41.5. The fourth-order valence-corrected chi connectivity index (χ4v) is 3.55. The molecule has 9 heteroatoms. The highest BCUT2D eigenvalue weighted by atomic mass is 32.2. The first-order valence-corrected chi connectivity index (χ1v) is 10.6. The van der Waals surface area contributed by atoms with Crippen LogP contribution in [0.2, 0.25) is 0 Å². The number of nitrogens with zero attached hydrogens (tertiary/aromatic N) is 2. The van der Waals surface area contributed by atoms with Gasteiger partial charge >= 0.3 is 0 Å². The van der Waals surface area contributed by atoms with E-state index in [2.05, 4.69) is 0 Å². The monoisotopic (exact) mass is 422 g/mol. The third kappa shape index (κ3) is 5.77. The predicted molar refractivity (Wildman–Crippen MR) is 111 cm³/mol. The van der Waals surface area contributed by atoms with Gasteiger partial charge in [-0.3, -0.25) is 9.10 Å². The Balaban J connectivity index is 2.25. The van der Waals surface area contributed by atoms with Gasteiger partial charge in [0.25, 0.3) is 0 Å². The number of likely N-dealkylation sites (N-methyl/N-ethyl adjacent to an activating group) is 1. The van der Waals surface area contributed by atoms with Crippen LogP contribution in [0, 0.1) is 0 Å². The molecule has 0 radical (unpaired) electrons. The van der Waals surface area contributed by atoms with E-state index in [0.717, 1.165) is 21.9 Å². The number of benzene rings is 2. The van der Waals surface area contributed by atoms with Crippen LogP contribution in [0.4, 0.5) is 5.69 Å². The Hall–Kier alpha value is -2.94. The Morgan fingerprint density at radius 1 is 0.931 bits per heavy atom. The number of amides is 1. The van der Waals surface area contributed by atoms with Crippen LogP contribution in [0.3, 0.4) is 0 Å². The standard InChI is InChI=1S/C20H26N2O6S/c1-21(13-15-6-8-16(26-2)9-7-15)20(23)14-22(29(5,24)25)18-12-17(27-3)10-11-19(18)28-4/h6-12H,13-14H2,1-5H3. The molecule has 0 saturated heterocycles. The van der Waals surface area contributed by atoms with Gasteiger partial charge in [0.1, 0.15) is 23.8 Å². The second-order valence-corrected chi connectivity index (χ2v) is 8.31. The van der Waals surface area contributed by atoms with E-state index in [1.807, 2.05) is 12.1 Å². The van der Waals surface area contributed by atoms with E-state index < -0.39 is 10.0 Å². The molecule has 0 aliphatic carbocycles. The zero-order valence-electron chi connectivity index (χ0n) is 17.2. The molecule has 0 fully saturated rings. The Labute approximate surface area is 171 Å². The Bertz CT molecular complexity index is 944.